The topological polar surface area (TPSA) is 43.8 Å². The summed E-state index contributed by atoms with van der Waals surface area (Å²) < 4.78 is 0. The second-order valence-electron chi connectivity index (χ2n) is 9.54. The summed E-state index contributed by atoms with van der Waals surface area (Å²) in [5.74, 6) is 1.73. The summed E-state index contributed by atoms with van der Waals surface area (Å²) in [4.78, 5) is 13.1. The fraction of sp³-hybridized carbons (Fsp3) is 0.667. The predicted molar refractivity (Wildman–Crippen MR) is 100 cm³/mol. The van der Waals surface area contributed by atoms with Gasteiger partial charge in [-0.05, 0) is 75.3 Å². The van der Waals surface area contributed by atoms with E-state index < -0.39 is 11.1 Å². The van der Waals surface area contributed by atoms with E-state index in [0.717, 1.165) is 42.7 Å². The van der Waals surface area contributed by atoms with Crippen molar-refractivity contribution in [2.24, 2.45) is 17.8 Å². The lowest BCUT2D eigenvalue weighted by molar-refractivity contribution is -0.262. The van der Waals surface area contributed by atoms with Crippen molar-refractivity contribution in [3.05, 3.63) is 34.9 Å². The van der Waals surface area contributed by atoms with Crippen LogP contribution in [0.2, 0.25) is 5.02 Å². The number of aliphatic hydroxyl groups is 1. The molecule has 2 atom stereocenters. The summed E-state index contributed by atoms with van der Waals surface area (Å²) in [5.41, 5.74) is 0.0940. The molecular formula is C21H27ClN2O2. The number of amides is 1. The molecule has 1 amide bonds. The molecule has 1 N–H and O–H groups in total. The first-order valence-corrected chi connectivity index (χ1v) is 10.2. The van der Waals surface area contributed by atoms with Gasteiger partial charge in [-0.15, -0.1) is 0 Å². The van der Waals surface area contributed by atoms with Crippen molar-refractivity contribution in [2.45, 2.75) is 69.7 Å². The third kappa shape index (κ3) is 2.31. The molecular weight excluding hydrogens is 348 g/mol. The molecule has 4 aliphatic carbocycles. The van der Waals surface area contributed by atoms with Crippen LogP contribution in [0.15, 0.2) is 24.3 Å². The highest BCUT2D eigenvalue weighted by Gasteiger charge is 2.63. The number of hydrogen-bond donors (Lipinski definition) is 1. The van der Waals surface area contributed by atoms with Crippen LogP contribution < -0.4 is 0 Å². The highest BCUT2D eigenvalue weighted by molar-refractivity contribution is 6.31. The van der Waals surface area contributed by atoms with Gasteiger partial charge in [0.15, 0.2) is 0 Å². The summed E-state index contributed by atoms with van der Waals surface area (Å²) >= 11 is 6.39. The van der Waals surface area contributed by atoms with Crippen molar-refractivity contribution in [1.29, 1.82) is 0 Å². The van der Waals surface area contributed by atoms with E-state index in [1.54, 1.807) is 0 Å². The third-order valence-corrected chi connectivity index (χ3v) is 7.76. The van der Waals surface area contributed by atoms with E-state index in [0.29, 0.717) is 24.3 Å². The molecule has 5 heteroatoms. The highest BCUT2D eigenvalue weighted by Crippen LogP contribution is 2.58. The van der Waals surface area contributed by atoms with Crippen LogP contribution in [0.4, 0.5) is 0 Å². The van der Waals surface area contributed by atoms with Crippen molar-refractivity contribution < 1.29 is 9.90 Å². The molecule has 4 saturated carbocycles. The van der Waals surface area contributed by atoms with Crippen LogP contribution in [-0.2, 0) is 11.3 Å². The minimum atomic E-state index is -0.495. The number of hydrogen-bond acceptors (Lipinski definition) is 3. The lowest BCUT2D eigenvalue weighted by Crippen LogP contribution is -2.79. The van der Waals surface area contributed by atoms with Gasteiger partial charge in [-0.25, -0.2) is 0 Å². The van der Waals surface area contributed by atoms with Crippen LogP contribution in [0.3, 0.4) is 0 Å². The van der Waals surface area contributed by atoms with Gasteiger partial charge in [-0.1, -0.05) is 29.8 Å². The van der Waals surface area contributed by atoms with Crippen LogP contribution in [0.1, 0.15) is 51.5 Å². The molecule has 1 saturated heterocycles. The average molecular weight is 375 g/mol. The standard InChI is InChI=1S/C21H27ClN2O2/c1-20(2)19(25)24(23(20)12-14-5-3-4-6-17(14)22)18-15-7-13-8-16(18)11-21(26,9-13)10-15/h3-6,13,15-16,18,26H,7-12H2,1-2H3/t13?,15-,16-,18?,21?/m0/s1. The molecule has 1 aliphatic heterocycles. The summed E-state index contributed by atoms with van der Waals surface area (Å²) in [6.45, 7) is 4.67. The molecule has 0 unspecified atom stereocenters. The SMILES string of the molecule is CC1(C)C(=O)N(C2[C@H]3CC4C[C@H]2CC(O)(C4)C3)N1Cc1ccccc1Cl. The summed E-state index contributed by atoms with van der Waals surface area (Å²) in [5, 5.41) is 15.9. The molecule has 1 aromatic rings. The van der Waals surface area contributed by atoms with Gasteiger partial charge >= 0.3 is 0 Å². The number of carbonyl (C=O) groups is 1. The summed E-state index contributed by atoms with van der Waals surface area (Å²) in [6.07, 6.45) is 5.00. The Morgan fingerprint density at radius 3 is 2.42 bits per heavy atom. The molecule has 0 spiro atoms. The Balaban J connectivity index is 1.44. The molecule has 0 aromatic heterocycles. The zero-order valence-electron chi connectivity index (χ0n) is 15.5. The first kappa shape index (κ1) is 17.0. The Morgan fingerprint density at radius 1 is 1.15 bits per heavy atom. The van der Waals surface area contributed by atoms with Crippen LogP contribution in [0, 0.1) is 17.8 Å². The van der Waals surface area contributed by atoms with E-state index >= 15 is 0 Å². The molecule has 26 heavy (non-hydrogen) atoms. The van der Waals surface area contributed by atoms with Gasteiger partial charge in [0.25, 0.3) is 5.91 Å². The molecule has 1 aromatic carbocycles. The smallest absolute Gasteiger partial charge is 0.258 e. The van der Waals surface area contributed by atoms with E-state index in [4.69, 9.17) is 11.6 Å². The number of nitrogens with zero attached hydrogens (tertiary/aromatic N) is 2. The van der Waals surface area contributed by atoms with Crippen LogP contribution in [-0.4, -0.2) is 38.2 Å². The Morgan fingerprint density at radius 2 is 1.81 bits per heavy atom. The van der Waals surface area contributed by atoms with Crippen molar-refractivity contribution in [3.8, 4) is 0 Å². The maximum atomic E-state index is 13.1. The number of hydrazine groups is 1. The minimum Gasteiger partial charge on any atom is -0.390 e. The average Bonchev–Trinajstić information content (AvgIpc) is 2.56. The van der Waals surface area contributed by atoms with E-state index in [-0.39, 0.29) is 11.9 Å². The molecule has 4 bridgehead atoms. The van der Waals surface area contributed by atoms with Gasteiger partial charge in [0.2, 0.25) is 0 Å². The Kier molecular flexibility index (Phi) is 3.58. The normalized spacial score (nSPS) is 40.8. The number of halogens is 1. The van der Waals surface area contributed by atoms with Crippen LogP contribution in [0.25, 0.3) is 0 Å². The van der Waals surface area contributed by atoms with E-state index in [2.05, 4.69) is 5.01 Å². The summed E-state index contributed by atoms with van der Waals surface area (Å²) in [7, 11) is 0. The number of carbonyl (C=O) groups excluding carboxylic acids is 1. The Bertz CT molecular complexity index is 748. The lowest BCUT2D eigenvalue weighted by Gasteiger charge is -2.66. The molecule has 140 valence electrons. The molecule has 0 radical (unpaired) electrons. The number of rotatable bonds is 3. The largest absolute Gasteiger partial charge is 0.390 e. The maximum absolute atomic E-state index is 13.1. The lowest BCUT2D eigenvalue weighted by atomic mass is 9.52. The zero-order valence-corrected chi connectivity index (χ0v) is 16.2. The first-order valence-electron chi connectivity index (χ1n) is 9.85. The monoisotopic (exact) mass is 374 g/mol. The fourth-order valence-corrected chi connectivity index (χ4v) is 6.63. The molecule has 1 heterocycles. The van der Waals surface area contributed by atoms with Crippen molar-refractivity contribution in [1.82, 2.24) is 10.0 Å². The van der Waals surface area contributed by atoms with Gasteiger partial charge in [0.1, 0.15) is 5.54 Å². The predicted octanol–water partition coefficient (Wildman–Crippen LogP) is 3.62. The van der Waals surface area contributed by atoms with Crippen LogP contribution in [0.5, 0.6) is 0 Å². The maximum Gasteiger partial charge on any atom is 0.258 e. The first-order chi connectivity index (χ1) is 12.3. The second-order valence-corrected chi connectivity index (χ2v) is 9.95. The second kappa shape index (κ2) is 5.46. The number of benzene rings is 1. The van der Waals surface area contributed by atoms with Crippen molar-refractivity contribution >= 4 is 17.5 Å². The van der Waals surface area contributed by atoms with Crippen LogP contribution >= 0.6 is 11.6 Å². The van der Waals surface area contributed by atoms with Gasteiger partial charge in [-0.2, -0.15) is 5.01 Å². The van der Waals surface area contributed by atoms with Gasteiger partial charge in [0.05, 0.1) is 11.6 Å². The van der Waals surface area contributed by atoms with E-state index in [1.165, 1.54) is 0 Å². The van der Waals surface area contributed by atoms with Gasteiger partial charge in [-0.3, -0.25) is 9.80 Å². The molecule has 4 nitrogen and oxygen atoms in total. The van der Waals surface area contributed by atoms with Crippen molar-refractivity contribution in [2.75, 3.05) is 0 Å². The van der Waals surface area contributed by atoms with E-state index in [1.807, 2.05) is 43.1 Å². The van der Waals surface area contributed by atoms with Crippen molar-refractivity contribution in [3.63, 3.8) is 0 Å². The van der Waals surface area contributed by atoms with E-state index in [9.17, 15) is 9.90 Å². The molecule has 5 aliphatic rings. The zero-order chi connectivity index (χ0) is 18.3. The van der Waals surface area contributed by atoms with Gasteiger partial charge in [0, 0.05) is 11.6 Å². The van der Waals surface area contributed by atoms with Gasteiger partial charge < -0.3 is 5.11 Å². The summed E-state index contributed by atoms with van der Waals surface area (Å²) in [6, 6.07) is 8.13. The quantitative estimate of drug-likeness (QED) is 0.878. The molecule has 5 fully saturated rings. The Labute approximate surface area is 160 Å². The Hall–Kier alpha value is -1.10. The highest BCUT2D eigenvalue weighted by atomic mass is 35.5. The molecule has 6 rings (SSSR count). The minimum absolute atomic E-state index is 0.217. The fourth-order valence-electron chi connectivity index (χ4n) is 6.44. The third-order valence-electron chi connectivity index (χ3n) is 7.39.